The van der Waals surface area contributed by atoms with Crippen LogP contribution in [0.25, 0.3) is 0 Å². The summed E-state index contributed by atoms with van der Waals surface area (Å²) in [5, 5.41) is 47.6. The number of aliphatic hydroxyl groups is 4. The molecule has 1 aliphatic heterocycles. The van der Waals surface area contributed by atoms with Crippen LogP contribution in [0.2, 0.25) is 0 Å². The summed E-state index contributed by atoms with van der Waals surface area (Å²) in [4.78, 5) is 0. The molecule has 2 rings (SSSR count). The summed E-state index contributed by atoms with van der Waals surface area (Å²) in [6.45, 7) is 1.23. The summed E-state index contributed by atoms with van der Waals surface area (Å²) in [6, 6.07) is 4.47. The minimum atomic E-state index is -1.50. The quantitative estimate of drug-likeness (QED) is 0.477. The number of hydrogen-bond acceptors (Lipinski definition) is 7. The van der Waals surface area contributed by atoms with Crippen LogP contribution in [-0.4, -0.2) is 62.8 Å². The molecule has 0 amide bonds. The van der Waals surface area contributed by atoms with Crippen LogP contribution >= 0.6 is 0 Å². The number of aryl methyl sites for hydroxylation is 1. The van der Waals surface area contributed by atoms with Gasteiger partial charge in [-0.15, -0.1) is 0 Å². The average Bonchev–Trinajstić information content (AvgIpc) is 2.38. The highest BCUT2D eigenvalue weighted by molar-refractivity contribution is 5.36. The highest BCUT2D eigenvalue weighted by atomic mass is 16.7. The molecule has 1 saturated heterocycles. The van der Waals surface area contributed by atoms with Crippen molar-refractivity contribution in [2.24, 2.45) is 0 Å². The van der Waals surface area contributed by atoms with E-state index in [1.54, 1.807) is 13.0 Å². The summed E-state index contributed by atoms with van der Waals surface area (Å²) in [5.74, 6) is 0.233. The summed E-state index contributed by atoms with van der Waals surface area (Å²) < 4.78 is 10.6. The fourth-order valence-corrected chi connectivity index (χ4v) is 2.10. The Hall–Kier alpha value is -1.38. The molecule has 0 aliphatic carbocycles. The number of phenols is 1. The summed E-state index contributed by atoms with van der Waals surface area (Å²) >= 11 is 0. The predicted molar refractivity (Wildman–Crippen MR) is 67.2 cm³/mol. The molecule has 20 heavy (non-hydrogen) atoms. The Labute approximate surface area is 115 Å². The van der Waals surface area contributed by atoms with Crippen LogP contribution in [0.1, 0.15) is 5.56 Å². The topological polar surface area (TPSA) is 120 Å². The number of benzene rings is 1. The zero-order valence-electron chi connectivity index (χ0n) is 10.9. The normalized spacial score (nSPS) is 34.0. The van der Waals surface area contributed by atoms with E-state index in [-0.39, 0.29) is 11.5 Å². The first-order valence-electron chi connectivity index (χ1n) is 6.20. The van der Waals surface area contributed by atoms with Crippen molar-refractivity contribution in [1.29, 1.82) is 0 Å². The van der Waals surface area contributed by atoms with Crippen molar-refractivity contribution in [2.75, 3.05) is 6.61 Å². The molecule has 0 radical (unpaired) electrons. The number of aromatic hydroxyl groups is 1. The average molecular weight is 286 g/mol. The molecule has 0 aromatic heterocycles. The molecule has 5 N–H and O–H groups in total. The van der Waals surface area contributed by atoms with Crippen LogP contribution < -0.4 is 4.74 Å². The third kappa shape index (κ3) is 3.02. The first kappa shape index (κ1) is 15.0. The second-order valence-electron chi connectivity index (χ2n) is 4.82. The maximum absolute atomic E-state index is 9.82. The maximum atomic E-state index is 9.82. The van der Waals surface area contributed by atoms with Crippen molar-refractivity contribution >= 4 is 0 Å². The van der Waals surface area contributed by atoms with E-state index >= 15 is 0 Å². The highest BCUT2D eigenvalue weighted by Crippen LogP contribution is 2.27. The standard InChI is InChI=1S/C13H18O7/c1-6-2-7(15)4-8(3-6)19-13-12(18)11(17)10(16)9(5-14)20-13/h2-4,9-18H,5H2,1H3/t9-,10-,11+,12-,13+/m0/s1. The van der Waals surface area contributed by atoms with Gasteiger partial charge in [-0.3, -0.25) is 0 Å². The summed E-state index contributed by atoms with van der Waals surface area (Å²) in [5.41, 5.74) is 0.740. The Kier molecular flexibility index (Phi) is 4.46. The van der Waals surface area contributed by atoms with Crippen molar-refractivity contribution in [3.8, 4) is 11.5 Å². The zero-order valence-corrected chi connectivity index (χ0v) is 10.9. The van der Waals surface area contributed by atoms with Gasteiger partial charge in [0, 0.05) is 6.07 Å². The van der Waals surface area contributed by atoms with Crippen LogP contribution in [0.4, 0.5) is 0 Å². The van der Waals surface area contributed by atoms with Crippen molar-refractivity contribution in [2.45, 2.75) is 37.6 Å². The molecule has 112 valence electrons. The molecule has 7 nitrogen and oxygen atoms in total. The highest BCUT2D eigenvalue weighted by Gasteiger charge is 2.44. The molecule has 0 unspecified atom stereocenters. The Morgan fingerprint density at radius 1 is 1.10 bits per heavy atom. The van der Waals surface area contributed by atoms with E-state index in [0.717, 1.165) is 5.56 Å². The molecular weight excluding hydrogens is 268 g/mol. The molecule has 1 aromatic rings. The van der Waals surface area contributed by atoms with Crippen molar-refractivity contribution in [1.82, 2.24) is 0 Å². The van der Waals surface area contributed by atoms with Gasteiger partial charge in [0.25, 0.3) is 0 Å². The SMILES string of the molecule is Cc1cc(O)cc(O[C@@H]2O[C@@H](CO)[C@H](O)[C@@H](O)[C@@H]2O)c1. The lowest BCUT2D eigenvalue weighted by Crippen LogP contribution is -2.60. The van der Waals surface area contributed by atoms with Crippen molar-refractivity contribution in [3.05, 3.63) is 23.8 Å². The van der Waals surface area contributed by atoms with Gasteiger partial charge in [-0.25, -0.2) is 0 Å². The van der Waals surface area contributed by atoms with E-state index in [0.29, 0.717) is 0 Å². The van der Waals surface area contributed by atoms with Gasteiger partial charge in [0.05, 0.1) is 6.61 Å². The van der Waals surface area contributed by atoms with E-state index in [1.165, 1.54) is 12.1 Å². The summed E-state index contributed by atoms with van der Waals surface area (Å²) in [7, 11) is 0. The summed E-state index contributed by atoms with van der Waals surface area (Å²) in [6.07, 6.45) is -6.69. The van der Waals surface area contributed by atoms with E-state index in [4.69, 9.17) is 14.6 Å². The molecule has 1 fully saturated rings. The Bertz CT molecular complexity index is 442. The van der Waals surface area contributed by atoms with Gasteiger partial charge in [0.2, 0.25) is 6.29 Å². The molecule has 5 atom stereocenters. The lowest BCUT2D eigenvalue weighted by atomic mass is 9.99. The molecule has 1 aromatic carbocycles. The smallest absolute Gasteiger partial charge is 0.229 e. The Morgan fingerprint density at radius 3 is 2.40 bits per heavy atom. The number of ether oxygens (including phenoxy) is 2. The maximum Gasteiger partial charge on any atom is 0.229 e. The van der Waals surface area contributed by atoms with E-state index in [1.807, 2.05) is 0 Å². The molecule has 0 saturated carbocycles. The van der Waals surface area contributed by atoms with E-state index in [9.17, 15) is 20.4 Å². The monoisotopic (exact) mass is 286 g/mol. The number of aliphatic hydroxyl groups excluding tert-OH is 4. The van der Waals surface area contributed by atoms with Crippen LogP contribution in [0.3, 0.4) is 0 Å². The van der Waals surface area contributed by atoms with E-state index < -0.39 is 37.3 Å². The largest absolute Gasteiger partial charge is 0.508 e. The fourth-order valence-electron chi connectivity index (χ4n) is 2.10. The second kappa shape index (κ2) is 5.94. The van der Waals surface area contributed by atoms with E-state index in [2.05, 4.69) is 0 Å². The van der Waals surface area contributed by atoms with Crippen LogP contribution in [-0.2, 0) is 4.74 Å². The van der Waals surface area contributed by atoms with Crippen LogP contribution in [0, 0.1) is 6.92 Å². The molecule has 1 aliphatic rings. The molecule has 7 heteroatoms. The lowest BCUT2D eigenvalue weighted by Gasteiger charge is -2.39. The van der Waals surface area contributed by atoms with Crippen LogP contribution in [0.15, 0.2) is 18.2 Å². The molecule has 1 heterocycles. The van der Waals surface area contributed by atoms with Crippen molar-refractivity contribution < 1.29 is 35.0 Å². The minimum absolute atomic E-state index is 0.00964. The van der Waals surface area contributed by atoms with Gasteiger partial charge in [0.15, 0.2) is 0 Å². The minimum Gasteiger partial charge on any atom is -0.508 e. The Balaban J connectivity index is 2.15. The first-order chi connectivity index (χ1) is 9.42. The number of rotatable bonds is 3. The van der Waals surface area contributed by atoms with Gasteiger partial charge in [-0.05, 0) is 24.6 Å². The number of hydrogen-bond donors (Lipinski definition) is 5. The van der Waals surface area contributed by atoms with Gasteiger partial charge >= 0.3 is 0 Å². The lowest BCUT2D eigenvalue weighted by molar-refractivity contribution is -0.277. The third-order valence-corrected chi connectivity index (χ3v) is 3.14. The van der Waals surface area contributed by atoms with Gasteiger partial charge in [0.1, 0.15) is 35.9 Å². The second-order valence-corrected chi connectivity index (χ2v) is 4.82. The van der Waals surface area contributed by atoms with Gasteiger partial charge in [-0.1, -0.05) is 0 Å². The van der Waals surface area contributed by atoms with Gasteiger partial charge < -0.3 is 35.0 Å². The zero-order chi connectivity index (χ0) is 14.9. The van der Waals surface area contributed by atoms with Crippen LogP contribution in [0.5, 0.6) is 11.5 Å². The number of phenolic OH excluding ortho intramolecular Hbond substituents is 1. The molecule has 0 bridgehead atoms. The predicted octanol–water partition coefficient (Wildman–Crippen LogP) is -1.12. The van der Waals surface area contributed by atoms with Gasteiger partial charge in [-0.2, -0.15) is 0 Å². The third-order valence-electron chi connectivity index (χ3n) is 3.14. The fraction of sp³-hybridized carbons (Fsp3) is 0.538. The van der Waals surface area contributed by atoms with Crippen molar-refractivity contribution in [3.63, 3.8) is 0 Å². The molecule has 0 spiro atoms. The Morgan fingerprint density at radius 2 is 1.80 bits per heavy atom. The molecular formula is C13H18O7. The first-order valence-corrected chi connectivity index (χ1v) is 6.20.